The molecule has 0 saturated carbocycles. The first-order chi connectivity index (χ1) is 10.3. The number of aromatic amines is 1. The van der Waals surface area contributed by atoms with Crippen molar-refractivity contribution < 1.29 is 4.79 Å². The van der Waals surface area contributed by atoms with Crippen molar-refractivity contribution in [3.63, 3.8) is 0 Å². The third-order valence-corrected chi connectivity index (χ3v) is 3.86. The Hall–Kier alpha value is -2.62. The maximum atomic E-state index is 12.2. The normalized spacial score (nSPS) is 10.6. The Balaban J connectivity index is 2.33. The molecule has 2 aromatic rings. The molecule has 0 aliphatic heterocycles. The van der Waals surface area contributed by atoms with E-state index in [0.29, 0.717) is 0 Å². The number of nitrogens with zero attached hydrogens (tertiary/aromatic N) is 3. The molecule has 0 amide bonds. The van der Waals surface area contributed by atoms with E-state index in [4.69, 9.17) is 5.73 Å². The largest absolute Gasteiger partial charge is 0.384 e. The molecule has 0 aliphatic carbocycles. The molecule has 2 rings (SSSR count). The summed E-state index contributed by atoms with van der Waals surface area (Å²) in [5, 5.41) is 0.251. The number of anilines is 1. The highest BCUT2D eigenvalue weighted by molar-refractivity contribution is 7.99. The third-order valence-electron chi connectivity index (χ3n) is 2.98. The number of hydrogen-bond acceptors (Lipinski definition) is 7. The summed E-state index contributed by atoms with van der Waals surface area (Å²) >= 11 is 0.964. The summed E-state index contributed by atoms with van der Waals surface area (Å²) in [6.07, 6.45) is 1.31. The molecule has 0 fully saturated rings. The summed E-state index contributed by atoms with van der Waals surface area (Å²) < 4.78 is 1.85. The summed E-state index contributed by atoms with van der Waals surface area (Å²) in [5.41, 5.74) is 3.73. The van der Waals surface area contributed by atoms with E-state index in [1.165, 1.54) is 26.4 Å². The Morgan fingerprint density at radius 2 is 2.00 bits per heavy atom. The molecule has 3 N–H and O–H groups in total. The van der Waals surface area contributed by atoms with Gasteiger partial charge in [-0.05, 0) is 0 Å². The smallest absolute Gasteiger partial charge is 0.332 e. The predicted molar refractivity (Wildman–Crippen MR) is 81.2 cm³/mol. The predicted octanol–water partition coefficient (Wildman–Crippen LogP) is -1.28. The molecule has 0 aliphatic rings. The van der Waals surface area contributed by atoms with E-state index < -0.39 is 17.0 Å². The number of nitrogens with two attached hydrogens (primary N) is 1. The molecule has 2 aromatic heterocycles. The van der Waals surface area contributed by atoms with Crippen LogP contribution < -0.4 is 22.5 Å². The lowest BCUT2D eigenvalue weighted by atomic mass is 10.2. The van der Waals surface area contributed by atoms with E-state index in [2.05, 4.69) is 9.97 Å². The van der Waals surface area contributed by atoms with Crippen molar-refractivity contribution in [3.8, 4) is 0 Å². The van der Waals surface area contributed by atoms with Gasteiger partial charge in [0.2, 0.25) is 0 Å². The van der Waals surface area contributed by atoms with Crippen LogP contribution in [-0.4, -0.2) is 30.6 Å². The van der Waals surface area contributed by atoms with Gasteiger partial charge in [0.1, 0.15) is 11.4 Å². The summed E-state index contributed by atoms with van der Waals surface area (Å²) in [7, 11) is 2.64. The zero-order valence-electron chi connectivity index (χ0n) is 11.8. The van der Waals surface area contributed by atoms with Crippen molar-refractivity contribution in [2.75, 3.05) is 11.5 Å². The number of Topliss-reactive ketones (excluding diaryl/α,β-unsaturated/α-hetero) is 1. The van der Waals surface area contributed by atoms with E-state index in [-0.39, 0.29) is 27.8 Å². The average molecular weight is 323 g/mol. The second-order valence-electron chi connectivity index (χ2n) is 4.42. The van der Waals surface area contributed by atoms with Crippen LogP contribution in [0.25, 0.3) is 0 Å². The number of nitrogens with one attached hydrogen (secondary N) is 1. The summed E-state index contributed by atoms with van der Waals surface area (Å²) in [5.74, 6) is -0.886. The Bertz CT molecular complexity index is 911. The van der Waals surface area contributed by atoms with Crippen molar-refractivity contribution in [2.45, 2.75) is 5.16 Å². The maximum Gasteiger partial charge on any atom is 0.332 e. The number of carbonyl (C=O) groups is 1. The van der Waals surface area contributed by atoms with Gasteiger partial charge in [-0.3, -0.25) is 23.5 Å². The zero-order chi connectivity index (χ0) is 16.4. The fourth-order valence-electron chi connectivity index (χ4n) is 1.75. The lowest BCUT2D eigenvalue weighted by Gasteiger charge is -2.10. The fourth-order valence-corrected chi connectivity index (χ4v) is 2.47. The molecular weight excluding hydrogens is 310 g/mol. The maximum absolute atomic E-state index is 12.2. The Morgan fingerprint density at radius 3 is 2.64 bits per heavy atom. The minimum atomic E-state index is -0.749. The molecule has 116 valence electrons. The van der Waals surface area contributed by atoms with Crippen LogP contribution in [0.1, 0.15) is 10.4 Å². The average Bonchev–Trinajstić information content (AvgIpc) is 2.49. The minimum absolute atomic E-state index is 0.148. The van der Waals surface area contributed by atoms with E-state index in [0.717, 1.165) is 20.9 Å². The number of hydrogen-bond donors (Lipinski definition) is 2. The number of H-pyrrole nitrogens is 1. The Labute approximate surface area is 127 Å². The van der Waals surface area contributed by atoms with Gasteiger partial charge < -0.3 is 10.7 Å². The second kappa shape index (κ2) is 6.02. The van der Waals surface area contributed by atoms with E-state index in [1.807, 2.05) is 0 Å². The van der Waals surface area contributed by atoms with E-state index in [1.54, 1.807) is 0 Å². The lowest BCUT2D eigenvalue weighted by Crippen LogP contribution is -2.41. The van der Waals surface area contributed by atoms with Crippen LogP contribution in [0.2, 0.25) is 0 Å². The highest BCUT2D eigenvalue weighted by Crippen LogP contribution is 2.14. The van der Waals surface area contributed by atoms with Crippen molar-refractivity contribution in [1.29, 1.82) is 0 Å². The number of aromatic nitrogens is 4. The van der Waals surface area contributed by atoms with E-state index >= 15 is 0 Å². The molecule has 0 spiro atoms. The molecule has 0 radical (unpaired) electrons. The monoisotopic (exact) mass is 323 g/mol. The highest BCUT2D eigenvalue weighted by Gasteiger charge is 2.20. The molecule has 0 unspecified atom stereocenters. The zero-order valence-corrected chi connectivity index (χ0v) is 12.6. The van der Waals surface area contributed by atoms with Gasteiger partial charge in [-0.2, -0.15) is 0 Å². The standard InChI is InChI=1S/C12H13N5O4S/c1-16-9(13)8(10(20)17(2)12(16)21)6(18)5-22-11-14-4-3-7(19)15-11/h3-4H,5,13H2,1-2H3,(H,14,15,19). The first-order valence-corrected chi connectivity index (χ1v) is 7.08. The van der Waals surface area contributed by atoms with Crippen LogP contribution in [0, 0.1) is 0 Å². The summed E-state index contributed by atoms with van der Waals surface area (Å²) in [6.45, 7) is 0. The highest BCUT2D eigenvalue weighted by atomic mass is 32.2. The van der Waals surface area contributed by atoms with Crippen molar-refractivity contribution >= 4 is 23.4 Å². The third kappa shape index (κ3) is 2.86. The molecule has 0 saturated heterocycles. The lowest BCUT2D eigenvalue weighted by molar-refractivity contribution is 0.102. The molecule has 0 aromatic carbocycles. The van der Waals surface area contributed by atoms with Gasteiger partial charge in [-0.15, -0.1) is 0 Å². The fraction of sp³-hybridized carbons (Fsp3) is 0.250. The van der Waals surface area contributed by atoms with Crippen LogP contribution in [0.3, 0.4) is 0 Å². The van der Waals surface area contributed by atoms with Crippen molar-refractivity contribution in [1.82, 2.24) is 19.1 Å². The van der Waals surface area contributed by atoms with Crippen LogP contribution >= 0.6 is 11.8 Å². The molecule has 9 nitrogen and oxygen atoms in total. The van der Waals surface area contributed by atoms with Gasteiger partial charge in [-0.25, -0.2) is 9.78 Å². The molecule has 22 heavy (non-hydrogen) atoms. The number of ketones is 1. The van der Waals surface area contributed by atoms with Gasteiger partial charge in [0.25, 0.3) is 11.1 Å². The SMILES string of the molecule is Cn1c(N)c(C(=O)CSc2nccc(=O)[nH]2)c(=O)n(C)c1=O. The Morgan fingerprint density at radius 1 is 1.32 bits per heavy atom. The van der Waals surface area contributed by atoms with Gasteiger partial charge in [0, 0.05) is 26.4 Å². The first-order valence-electron chi connectivity index (χ1n) is 6.09. The van der Waals surface area contributed by atoms with Crippen LogP contribution in [0.15, 0.2) is 31.8 Å². The van der Waals surface area contributed by atoms with Crippen molar-refractivity contribution in [3.05, 3.63) is 49.0 Å². The van der Waals surface area contributed by atoms with Crippen LogP contribution in [0.4, 0.5) is 5.82 Å². The number of carbonyl (C=O) groups excluding carboxylic acids is 1. The quantitative estimate of drug-likeness (QED) is 0.407. The second-order valence-corrected chi connectivity index (χ2v) is 5.38. The van der Waals surface area contributed by atoms with E-state index in [9.17, 15) is 19.2 Å². The molecule has 10 heteroatoms. The van der Waals surface area contributed by atoms with Gasteiger partial charge in [0.05, 0.1) is 5.75 Å². The first kappa shape index (κ1) is 15.8. The van der Waals surface area contributed by atoms with Crippen LogP contribution in [-0.2, 0) is 14.1 Å². The van der Waals surface area contributed by atoms with Gasteiger partial charge >= 0.3 is 5.69 Å². The molecule has 0 atom stereocenters. The van der Waals surface area contributed by atoms with Gasteiger partial charge in [0.15, 0.2) is 10.9 Å². The van der Waals surface area contributed by atoms with Crippen LogP contribution in [0.5, 0.6) is 0 Å². The number of rotatable bonds is 4. The number of thioether (sulfide) groups is 1. The summed E-state index contributed by atoms with van der Waals surface area (Å²) in [4.78, 5) is 53.4. The Kier molecular flexibility index (Phi) is 4.31. The topological polar surface area (TPSA) is 133 Å². The molecular formula is C12H13N5O4S. The molecule has 0 bridgehead atoms. The van der Waals surface area contributed by atoms with Gasteiger partial charge in [-0.1, -0.05) is 11.8 Å². The minimum Gasteiger partial charge on any atom is -0.384 e. The summed E-state index contributed by atoms with van der Waals surface area (Å²) in [6, 6.07) is 1.24. The van der Waals surface area contributed by atoms with Crippen molar-refractivity contribution in [2.24, 2.45) is 14.1 Å². The number of nitrogen functional groups attached to an aromatic ring is 1. The molecule has 2 heterocycles.